The van der Waals surface area contributed by atoms with Crippen molar-refractivity contribution in [3.05, 3.63) is 41.7 Å². The van der Waals surface area contributed by atoms with Crippen molar-refractivity contribution in [3.63, 3.8) is 0 Å². The van der Waals surface area contributed by atoms with Crippen LogP contribution in [0.2, 0.25) is 0 Å². The van der Waals surface area contributed by atoms with Crippen molar-refractivity contribution in [1.82, 2.24) is 4.90 Å². The fourth-order valence-corrected chi connectivity index (χ4v) is 1.63. The molecule has 1 aromatic carbocycles. The molecular weight excluding hydrogens is 221 g/mol. The zero-order valence-electron chi connectivity index (χ0n) is 9.43. The maximum absolute atomic E-state index is 12.7. The lowest BCUT2D eigenvalue weighted by Gasteiger charge is -2.25. The number of ether oxygens (including phenoxy) is 1. The minimum Gasteiger partial charge on any atom is -0.378 e. The number of carbonyl (C=O) groups excluding carboxylic acids is 1. The fraction of sp³-hybridized carbons (Fsp3) is 0.308. The lowest BCUT2D eigenvalue weighted by atomic mass is 10.2. The molecule has 4 heteroatoms. The largest absolute Gasteiger partial charge is 0.378 e. The molecule has 1 aliphatic rings. The zero-order valence-corrected chi connectivity index (χ0v) is 9.43. The first-order chi connectivity index (χ1) is 8.25. The Morgan fingerprint density at radius 1 is 1.24 bits per heavy atom. The molecule has 17 heavy (non-hydrogen) atoms. The first kappa shape index (κ1) is 11.8. The molecule has 0 atom stereocenters. The normalized spacial score (nSPS) is 16.4. The van der Waals surface area contributed by atoms with E-state index in [4.69, 9.17) is 4.74 Å². The van der Waals surface area contributed by atoms with E-state index < -0.39 is 0 Å². The van der Waals surface area contributed by atoms with Crippen molar-refractivity contribution in [2.45, 2.75) is 0 Å². The first-order valence-electron chi connectivity index (χ1n) is 5.56. The lowest BCUT2D eigenvalue weighted by Crippen LogP contribution is -2.39. The van der Waals surface area contributed by atoms with E-state index in [2.05, 4.69) is 0 Å². The molecule has 1 amide bonds. The van der Waals surface area contributed by atoms with Crippen LogP contribution in [0.5, 0.6) is 0 Å². The Morgan fingerprint density at radius 3 is 2.53 bits per heavy atom. The van der Waals surface area contributed by atoms with Crippen molar-refractivity contribution in [3.8, 4) is 0 Å². The molecule has 1 fully saturated rings. The Labute approximate surface area is 99.5 Å². The van der Waals surface area contributed by atoms with E-state index >= 15 is 0 Å². The zero-order chi connectivity index (χ0) is 12.1. The summed E-state index contributed by atoms with van der Waals surface area (Å²) in [5.41, 5.74) is 0.813. The Balaban J connectivity index is 1.95. The van der Waals surface area contributed by atoms with Crippen LogP contribution in [-0.2, 0) is 9.53 Å². The smallest absolute Gasteiger partial charge is 0.246 e. The molecular formula is C13H14FNO2. The van der Waals surface area contributed by atoms with Gasteiger partial charge in [-0.3, -0.25) is 4.79 Å². The molecule has 0 bridgehead atoms. The summed E-state index contributed by atoms with van der Waals surface area (Å²) in [6.07, 6.45) is 3.20. The van der Waals surface area contributed by atoms with Crippen LogP contribution >= 0.6 is 0 Å². The van der Waals surface area contributed by atoms with Gasteiger partial charge in [-0.05, 0) is 23.8 Å². The molecule has 0 unspecified atom stereocenters. The molecule has 0 N–H and O–H groups in total. The van der Waals surface area contributed by atoms with Crippen LogP contribution in [0.3, 0.4) is 0 Å². The molecule has 1 saturated heterocycles. The number of amides is 1. The summed E-state index contributed by atoms with van der Waals surface area (Å²) in [4.78, 5) is 13.5. The molecule has 90 valence electrons. The first-order valence-corrected chi connectivity index (χ1v) is 5.56. The van der Waals surface area contributed by atoms with Gasteiger partial charge >= 0.3 is 0 Å². The maximum atomic E-state index is 12.7. The van der Waals surface area contributed by atoms with Gasteiger partial charge in [-0.1, -0.05) is 12.1 Å². The van der Waals surface area contributed by atoms with E-state index in [-0.39, 0.29) is 11.7 Å². The lowest BCUT2D eigenvalue weighted by molar-refractivity contribution is -0.129. The number of hydrogen-bond acceptors (Lipinski definition) is 2. The highest BCUT2D eigenvalue weighted by molar-refractivity contribution is 5.91. The minimum absolute atomic E-state index is 0.0300. The highest BCUT2D eigenvalue weighted by Gasteiger charge is 2.13. The summed E-state index contributed by atoms with van der Waals surface area (Å²) in [6.45, 7) is 2.45. The van der Waals surface area contributed by atoms with Crippen molar-refractivity contribution in [2.75, 3.05) is 26.3 Å². The van der Waals surface area contributed by atoms with Gasteiger partial charge in [0.1, 0.15) is 5.82 Å². The average molecular weight is 235 g/mol. The summed E-state index contributed by atoms with van der Waals surface area (Å²) < 4.78 is 17.8. The van der Waals surface area contributed by atoms with Gasteiger partial charge in [0.05, 0.1) is 13.2 Å². The topological polar surface area (TPSA) is 29.5 Å². The quantitative estimate of drug-likeness (QED) is 0.730. The number of morpholine rings is 1. The van der Waals surface area contributed by atoms with Crippen LogP contribution in [0.1, 0.15) is 5.56 Å². The Hall–Kier alpha value is -1.68. The second-order valence-electron chi connectivity index (χ2n) is 3.82. The van der Waals surface area contributed by atoms with Crippen molar-refractivity contribution < 1.29 is 13.9 Å². The molecule has 0 spiro atoms. The summed E-state index contributed by atoms with van der Waals surface area (Å²) in [5, 5.41) is 0. The van der Waals surface area contributed by atoms with Gasteiger partial charge in [0.15, 0.2) is 0 Å². The fourth-order valence-electron chi connectivity index (χ4n) is 1.63. The Bertz CT molecular complexity index is 408. The molecule has 0 aromatic heterocycles. The van der Waals surface area contributed by atoms with Crippen LogP contribution in [0.15, 0.2) is 30.3 Å². The number of halogens is 1. The molecule has 1 aromatic rings. The van der Waals surface area contributed by atoms with Gasteiger partial charge in [-0.15, -0.1) is 0 Å². The van der Waals surface area contributed by atoms with E-state index in [0.29, 0.717) is 26.3 Å². The second-order valence-corrected chi connectivity index (χ2v) is 3.82. The van der Waals surface area contributed by atoms with E-state index in [1.54, 1.807) is 23.1 Å². The maximum Gasteiger partial charge on any atom is 0.246 e. The predicted octanol–water partition coefficient (Wildman–Crippen LogP) is 1.70. The SMILES string of the molecule is O=C(C=Cc1ccc(F)cc1)N1CCOCC1. The van der Waals surface area contributed by atoms with E-state index in [1.807, 2.05) is 0 Å². The van der Waals surface area contributed by atoms with Crippen molar-refractivity contribution in [1.29, 1.82) is 0 Å². The Morgan fingerprint density at radius 2 is 1.88 bits per heavy atom. The van der Waals surface area contributed by atoms with E-state index in [0.717, 1.165) is 5.56 Å². The van der Waals surface area contributed by atoms with Gasteiger partial charge in [-0.2, -0.15) is 0 Å². The van der Waals surface area contributed by atoms with Gasteiger partial charge in [0.2, 0.25) is 5.91 Å². The second kappa shape index (κ2) is 5.59. The summed E-state index contributed by atoms with van der Waals surface area (Å²) in [6, 6.07) is 6.02. The van der Waals surface area contributed by atoms with Crippen LogP contribution < -0.4 is 0 Å². The molecule has 1 aliphatic heterocycles. The third-order valence-electron chi connectivity index (χ3n) is 2.61. The summed E-state index contributed by atoms with van der Waals surface area (Å²) in [5.74, 6) is -0.306. The number of nitrogens with zero attached hydrogens (tertiary/aromatic N) is 1. The van der Waals surface area contributed by atoms with Gasteiger partial charge < -0.3 is 9.64 Å². The molecule has 0 radical (unpaired) electrons. The number of rotatable bonds is 2. The highest BCUT2D eigenvalue weighted by Crippen LogP contribution is 2.06. The summed E-state index contributed by atoms with van der Waals surface area (Å²) in [7, 11) is 0. The number of benzene rings is 1. The van der Waals surface area contributed by atoms with E-state index in [1.165, 1.54) is 18.2 Å². The highest BCUT2D eigenvalue weighted by atomic mass is 19.1. The van der Waals surface area contributed by atoms with E-state index in [9.17, 15) is 9.18 Å². The standard InChI is InChI=1S/C13H14FNO2/c14-12-4-1-11(2-5-12)3-6-13(16)15-7-9-17-10-8-15/h1-6H,7-10H2. The monoisotopic (exact) mass is 235 g/mol. The summed E-state index contributed by atoms with van der Waals surface area (Å²) >= 11 is 0. The number of hydrogen-bond donors (Lipinski definition) is 0. The third-order valence-corrected chi connectivity index (χ3v) is 2.61. The molecule has 0 aliphatic carbocycles. The van der Waals surface area contributed by atoms with Crippen LogP contribution in [-0.4, -0.2) is 37.1 Å². The molecule has 0 saturated carbocycles. The molecule has 3 nitrogen and oxygen atoms in total. The van der Waals surface area contributed by atoms with Gasteiger partial charge in [0.25, 0.3) is 0 Å². The predicted molar refractivity (Wildman–Crippen MR) is 62.8 cm³/mol. The molecule has 1 heterocycles. The van der Waals surface area contributed by atoms with Crippen LogP contribution in [0.4, 0.5) is 4.39 Å². The van der Waals surface area contributed by atoms with Crippen LogP contribution in [0, 0.1) is 5.82 Å². The van der Waals surface area contributed by atoms with Gasteiger partial charge in [-0.25, -0.2) is 4.39 Å². The minimum atomic E-state index is -0.276. The molecule has 2 rings (SSSR count). The number of carbonyl (C=O) groups is 1. The van der Waals surface area contributed by atoms with Crippen LogP contribution in [0.25, 0.3) is 6.08 Å². The van der Waals surface area contributed by atoms with Crippen molar-refractivity contribution >= 4 is 12.0 Å². The van der Waals surface area contributed by atoms with Crippen molar-refractivity contribution in [2.24, 2.45) is 0 Å². The third kappa shape index (κ3) is 3.39. The average Bonchev–Trinajstić information content (AvgIpc) is 2.39. The van der Waals surface area contributed by atoms with Gasteiger partial charge in [0, 0.05) is 19.2 Å². The Kier molecular flexibility index (Phi) is 3.88.